The summed E-state index contributed by atoms with van der Waals surface area (Å²) in [5, 5.41) is 18.4. The van der Waals surface area contributed by atoms with Gasteiger partial charge in [-0.2, -0.15) is 5.10 Å². The van der Waals surface area contributed by atoms with Crippen molar-refractivity contribution >= 4 is 11.9 Å². The van der Waals surface area contributed by atoms with Crippen molar-refractivity contribution in [2.24, 2.45) is 5.41 Å². The number of hydrogen-bond donors (Lipinski definition) is 3. The highest BCUT2D eigenvalue weighted by molar-refractivity contribution is 5.85. The quantitative estimate of drug-likeness (QED) is 0.729. The molecule has 0 spiro atoms. The molecule has 0 aromatic carbocycles. The molecule has 1 aliphatic rings. The van der Waals surface area contributed by atoms with E-state index >= 15 is 0 Å². The highest BCUT2D eigenvalue weighted by Gasteiger charge is 2.42. The molecule has 18 heavy (non-hydrogen) atoms. The minimum Gasteiger partial charge on any atom is -0.481 e. The lowest BCUT2D eigenvalue weighted by Crippen LogP contribution is -2.35. The Kier molecular flexibility index (Phi) is 3.64. The third kappa shape index (κ3) is 2.69. The van der Waals surface area contributed by atoms with E-state index in [1.54, 1.807) is 12.4 Å². The second-order valence-electron chi connectivity index (χ2n) is 4.85. The van der Waals surface area contributed by atoms with E-state index in [1.165, 1.54) is 0 Å². The van der Waals surface area contributed by atoms with Gasteiger partial charge in [-0.05, 0) is 12.8 Å². The summed E-state index contributed by atoms with van der Waals surface area (Å²) < 4.78 is 0. The van der Waals surface area contributed by atoms with Crippen LogP contribution in [0.1, 0.15) is 37.7 Å². The molecule has 1 saturated carbocycles. The number of carbonyl (C=O) groups is 2. The van der Waals surface area contributed by atoms with Crippen LogP contribution in [0.5, 0.6) is 0 Å². The summed E-state index contributed by atoms with van der Waals surface area (Å²) >= 11 is 0. The van der Waals surface area contributed by atoms with Crippen molar-refractivity contribution in [3.8, 4) is 0 Å². The van der Waals surface area contributed by atoms with Crippen LogP contribution in [0.2, 0.25) is 0 Å². The smallest absolute Gasteiger partial charge is 0.310 e. The zero-order chi connectivity index (χ0) is 13.0. The minimum atomic E-state index is -0.849. The van der Waals surface area contributed by atoms with Crippen molar-refractivity contribution in [3.63, 3.8) is 0 Å². The van der Waals surface area contributed by atoms with Crippen LogP contribution >= 0.6 is 0 Å². The van der Waals surface area contributed by atoms with E-state index in [9.17, 15) is 14.7 Å². The topological polar surface area (TPSA) is 95.1 Å². The molecule has 6 nitrogen and oxygen atoms in total. The van der Waals surface area contributed by atoms with E-state index < -0.39 is 11.4 Å². The number of nitrogens with zero attached hydrogens (tertiary/aromatic N) is 1. The van der Waals surface area contributed by atoms with Crippen molar-refractivity contribution in [2.75, 3.05) is 0 Å². The van der Waals surface area contributed by atoms with E-state index in [4.69, 9.17) is 0 Å². The van der Waals surface area contributed by atoms with E-state index in [-0.39, 0.29) is 12.3 Å². The average Bonchev–Trinajstić information content (AvgIpc) is 2.97. The normalized spacial score (nSPS) is 17.6. The molecular formula is C12H17N3O3. The van der Waals surface area contributed by atoms with Gasteiger partial charge >= 0.3 is 5.97 Å². The summed E-state index contributed by atoms with van der Waals surface area (Å²) in [7, 11) is 0. The van der Waals surface area contributed by atoms with Gasteiger partial charge in [0.2, 0.25) is 5.91 Å². The number of aromatic nitrogens is 2. The second-order valence-corrected chi connectivity index (χ2v) is 4.85. The number of rotatable bonds is 5. The second kappa shape index (κ2) is 5.20. The number of carbonyl (C=O) groups excluding carboxylic acids is 1. The minimum absolute atomic E-state index is 0.0696. The molecule has 1 aromatic heterocycles. The van der Waals surface area contributed by atoms with Gasteiger partial charge in [0, 0.05) is 24.7 Å². The Morgan fingerprint density at radius 3 is 2.72 bits per heavy atom. The molecule has 0 atom stereocenters. The van der Waals surface area contributed by atoms with Crippen LogP contribution in [-0.2, 0) is 16.1 Å². The highest BCUT2D eigenvalue weighted by atomic mass is 16.4. The van der Waals surface area contributed by atoms with Gasteiger partial charge in [-0.15, -0.1) is 0 Å². The third-order valence-electron chi connectivity index (χ3n) is 3.56. The fourth-order valence-electron chi connectivity index (χ4n) is 2.46. The molecule has 1 aromatic rings. The van der Waals surface area contributed by atoms with E-state index in [1.807, 2.05) is 0 Å². The molecule has 0 saturated heterocycles. The number of aromatic amines is 1. The molecule has 1 fully saturated rings. The number of nitrogens with one attached hydrogen (secondary N) is 2. The predicted molar refractivity (Wildman–Crippen MR) is 63.6 cm³/mol. The van der Waals surface area contributed by atoms with Crippen LogP contribution in [0, 0.1) is 5.41 Å². The lowest BCUT2D eigenvalue weighted by atomic mass is 9.82. The van der Waals surface area contributed by atoms with Crippen molar-refractivity contribution in [1.82, 2.24) is 15.5 Å². The summed E-state index contributed by atoms with van der Waals surface area (Å²) in [6.45, 7) is 0.380. The highest BCUT2D eigenvalue weighted by Crippen LogP contribution is 2.41. The SMILES string of the molecule is O=C(CC1(C(=O)O)CCCC1)NCc1cn[nH]c1. The van der Waals surface area contributed by atoms with E-state index in [0.29, 0.717) is 19.4 Å². The third-order valence-corrected chi connectivity index (χ3v) is 3.56. The number of aliphatic carboxylic acids is 1. The summed E-state index contributed by atoms with van der Waals surface area (Å²) in [5.41, 5.74) is 0.0275. The largest absolute Gasteiger partial charge is 0.481 e. The van der Waals surface area contributed by atoms with Crippen molar-refractivity contribution in [3.05, 3.63) is 18.0 Å². The van der Waals surface area contributed by atoms with Crippen molar-refractivity contribution in [2.45, 2.75) is 38.6 Å². The van der Waals surface area contributed by atoms with Gasteiger partial charge in [0.15, 0.2) is 0 Å². The molecule has 0 aliphatic heterocycles. The lowest BCUT2D eigenvalue weighted by Gasteiger charge is -2.22. The van der Waals surface area contributed by atoms with Gasteiger partial charge < -0.3 is 10.4 Å². The molecule has 2 rings (SSSR count). The zero-order valence-electron chi connectivity index (χ0n) is 10.1. The number of amides is 1. The summed E-state index contributed by atoms with van der Waals surface area (Å²) in [6, 6.07) is 0. The maximum Gasteiger partial charge on any atom is 0.310 e. The standard InChI is InChI=1S/C12H17N3O3/c16-10(13-6-9-7-14-15-8-9)5-12(11(17)18)3-1-2-4-12/h7-8H,1-6H2,(H,13,16)(H,14,15)(H,17,18). The van der Waals surface area contributed by atoms with Crippen LogP contribution in [0.15, 0.2) is 12.4 Å². The van der Waals surface area contributed by atoms with Crippen molar-refractivity contribution < 1.29 is 14.7 Å². The maximum absolute atomic E-state index is 11.8. The van der Waals surface area contributed by atoms with Gasteiger partial charge in [-0.1, -0.05) is 12.8 Å². The Balaban J connectivity index is 1.88. The molecule has 0 radical (unpaired) electrons. The first kappa shape index (κ1) is 12.6. The summed E-state index contributed by atoms with van der Waals surface area (Å²) in [6.07, 6.45) is 6.37. The summed E-state index contributed by atoms with van der Waals surface area (Å²) in [5.74, 6) is -1.06. The summed E-state index contributed by atoms with van der Waals surface area (Å²) in [4.78, 5) is 23.1. The Morgan fingerprint density at radius 2 is 2.17 bits per heavy atom. The molecule has 6 heteroatoms. The van der Waals surface area contributed by atoms with Gasteiger partial charge in [0.1, 0.15) is 0 Å². The molecule has 1 amide bonds. The molecule has 0 bridgehead atoms. The van der Waals surface area contributed by atoms with Crippen LogP contribution in [0.4, 0.5) is 0 Å². The fourth-order valence-corrected chi connectivity index (χ4v) is 2.46. The monoisotopic (exact) mass is 251 g/mol. The number of H-pyrrole nitrogens is 1. The van der Waals surface area contributed by atoms with E-state index in [0.717, 1.165) is 18.4 Å². The Bertz CT molecular complexity index is 422. The fraction of sp³-hybridized carbons (Fsp3) is 0.583. The van der Waals surface area contributed by atoms with Crippen LogP contribution in [0.3, 0.4) is 0 Å². The first-order chi connectivity index (χ1) is 8.62. The maximum atomic E-state index is 11.8. The van der Waals surface area contributed by atoms with Crippen LogP contribution in [-0.4, -0.2) is 27.2 Å². The number of carboxylic acid groups (broad SMARTS) is 1. The van der Waals surface area contributed by atoms with Crippen LogP contribution < -0.4 is 5.32 Å². The number of hydrogen-bond acceptors (Lipinski definition) is 3. The van der Waals surface area contributed by atoms with Crippen molar-refractivity contribution in [1.29, 1.82) is 0 Å². The Labute approximate surface area is 105 Å². The zero-order valence-corrected chi connectivity index (χ0v) is 10.1. The van der Waals surface area contributed by atoms with Gasteiger partial charge in [-0.3, -0.25) is 14.7 Å². The molecule has 1 aliphatic carbocycles. The predicted octanol–water partition coefficient (Wildman–Crippen LogP) is 1.06. The molecule has 1 heterocycles. The number of carboxylic acids is 1. The first-order valence-corrected chi connectivity index (χ1v) is 6.10. The molecular weight excluding hydrogens is 234 g/mol. The Hall–Kier alpha value is -1.85. The molecule has 98 valence electrons. The molecule has 3 N–H and O–H groups in total. The average molecular weight is 251 g/mol. The van der Waals surface area contributed by atoms with E-state index in [2.05, 4.69) is 15.5 Å². The molecule has 0 unspecified atom stereocenters. The Morgan fingerprint density at radius 1 is 1.44 bits per heavy atom. The first-order valence-electron chi connectivity index (χ1n) is 6.10. The lowest BCUT2D eigenvalue weighted by molar-refractivity contribution is -0.151. The van der Waals surface area contributed by atoms with Gasteiger partial charge in [-0.25, -0.2) is 0 Å². The van der Waals surface area contributed by atoms with Gasteiger partial charge in [0.05, 0.1) is 11.6 Å². The van der Waals surface area contributed by atoms with Crippen LogP contribution in [0.25, 0.3) is 0 Å². The van der Waals surface area contributed by atoms with Gasteiger partial charge in [0.25, 0.3) is 0 Å².